The SMILES string of the molecule is O=C(Nc1cc([N+](=O)[O-])ccc1O)c1ccn(C2CCCC2)n1. The number of phenols is 1. The number of benzene rings is 1. The van der Waals surface area contributed by atoms with Crippen LogP contribution in [0.15, 0.2) is 30.5 Å². The van der Waals surface area contributed by atoms with E-state index < -0.39 is 10.8 Å². The molecule has 0 aliphatic heterocycles. The van der Waals surface area contributed by atoms with E-state index in [2.05, 4.69) is 10.4 Å². The van der Waals surface area contributed by atoms with E-state index in [4.69, 9.17) is 0 Å². The summed E-state index contributed by atoms with van der Waals surface area (Å²) >= 11 is 0. The Labute approximate surface area is 131 Å². The van der Waals surface area contributed by atoms with Crippen molar-refractivity contribution in [2.24, 2.45) is 0 Å². The number of anilines is 1. The summed E-state index contributed by atoms with van der Waals surface area (Å²) in [7, 11) is 0. The third kappa shape index (κ3) is 3.15. The van der Waals surface area contributed by atoms with Gasteiger partial charge in [-0.15, -0.1) is 0 Å². The van der Waals surface area contributed by atoms with E-state index in [-0.39, 0.29) is 22.8 Å². The van der Waals surface area contributed by atoms with Crippen molar-refractivity contribution in [1.82, 2.24) is 9.78 Å². The van der Waals surface area contributed by atoms with E-state index in [1.807, 2.05) is 0 Å². The first-order valence-corrected chi connectivity index (χ1v) is 7.38. The molecule has 1 saturated carbocycles. The van der Waals surface area contributed by atoms with Crippen LogP contribution in [0.5, 0.6) is 5.75 Å². The van der Waals surface area contributed by atoms with Crippen molar-refractivity contribution < 1.29 is 14.8 Å². The van der Waals surface area contributed by atoms with Gasteiger partial charge in [-0.3, -0.25) is 19.6 Å². The van der Waals surface area contributed by atoms with Crippen LogP contribution in [0.4, 0.5) is 11.4 Å². The molecule has 8 heteroatoms. The summed E-state index contributed by atoms with van der Waals surface area (Å²) < 4.78 is 1.79. The highest BCUT2D eigenvalue weighted by Crippen LogP contribution is 2.30. The normalized spacial score (nSPS) is 14.8. The summed E-state index contributed by atoms with van der Waals surface area (Å²) in [5.41, 5.74) is -0.0167. The number of phenolic OH excluding ortho intramolecular Hbond substituents is 1. The monoisotopic (exact) mass is 316 g/mol. The van der Waals surface area contributed by atoms with Crippen molar-refractivity contribution in [1.29, 1.82) is 0 Å². The van der Waals surface area contributed by atoms with Gasteiger partial charge in [0, 0.05) is 18.3 Å². The highest BCUT2D eigenvalue weighted by molar-refractivity contribution is 6.03. The fraction of sp³-hybridized carbons (Fsp3) is 0.333. The highest BCUT2D eigenvalue weighted by Gasteiger charge is 2.20. The molecule has 120 valence electrons. The number of aromatic nitrogens is 2. The van der Waals surface area contributed by atoms with Crippen LogP contribution in [0.1, 0.15) is 42.2 Å². The predicted molar refractivity (Wildman–Crippen MR) is 82.4 cm³/mol. The summed E-state index contributed by atoms with van der Waals surface area (Å²) in [6.07, 6.45) is 6.18. The van der Waals surface area contributed by atoms with Crippen LogP contribution in [0.25, 0.3) is 0 Å². The molecule has 2 N–H and O–H groups in total. The number of nitrogens with zero attached hydrogens (tertiary/aromatic N) is 3. The minimum absolute atomic E-state index is 0.0142. The number of nitro groups is 1. The van der Waals surface area contributed by atoms with Crippen molar-refractivity contribution in [3.63, 3.8) is 0 Å². The number of amides is 1. The predicted octanol–water partition coefficient (Wildman–Crippen LogP) is 2.86. The zero-order chi connectivity index (χ0) is 16.4. The van der Waals surface area contributed by atoms with Gasteiger partial charge in [-0.25, -0.2) is 0 Å². The van der Waals surface area contributed by atoms with Crippen LogP contribution in [0, 0.1) is 10.1 Å². The van der Waals surface area contributed by atoms with Crippen molar-refractivity contribution in [3.05, 3.63) is 46.3 Å². The van der Waals surface area contributed by atoms with Gasteiger partial charge in [0.1, 0.15) is 5.75 Å². The van der Waals surface area contributed by atoms with Crippen molar-refractivity contribution >= 4 is 17.3 Å². The Bertz CT molecular complexity index is 750. The molecule has 0 saturated heterocycles. The van der Waals surface area contributed by atoms with Crippen LogP contribution in [0.2, 0.25) is 0 Å². The Morgan fingerprint density at radius 1 is 1.35 bits per heavy atom. The van der Waals surface area contributed by atoms with Gasteiger partial charge in [0.05, 0.1) is 16.7 Å². The zero-order valence-corrected chi connectivity index (χ0v) is 12.3. The quantitative estimate of drug-likeness (QED) is 0.512. The molecule has 1 heterocycles. The average Bonchev–Trinajstić information content (AvgIpc) is 3.20. The Balaban J connectivity index is 1.76. The average molecular weight is 316 g/mol. The maximum Gasteiger partial charge on any atom is 0.276 e. The molecule has 8 nitrogen and oxygen atoms in total. The molecule has 2 aromatic rings. The van der Waals surface area contributed by atoms with Gasteiger partial charge in [0.25, 0.3) is 11.6 Å². The minimum atomic E-state index is -0.593. The molecule has 0 unspecified atom stereocenters. The van der Waals surface area contributed by atoms with Gasteiger partial charge in [-0.2, -0.15) is 5.10 Å². The number of hydrogen-bond acceptors (Lipinski definition) is 5. The fourth-order valence-corrected chi connectivity index (χ4v) is 2.76. The molecular formula is C15H16N4O4. The van der Waals surface area contributed by atoms with E-state index >= 15 is 0 Å². The standard InChI is InChI=1S/C15H16N4O4/c20-14-6-5-11(19(22)23)9-13(14)16-15(21)12-7-8-18(17-12)10-3-1-2-4-10/h5-10,20H,1-4H2,(H,16,21). The Hall–Kier alpha value is -2.90. The molecule has 1 aromatic carbocycles. The van der Waals surface area contributed by atoms with E-state index in [0.717, 1.165) is 31.7 Å². The number of rotatable bonds is 4. The molecule has 1 aliphatic rings. The van der Waals surface area contributed by atoms with Crippen LogP contribution < -0.4 is 5.32 Å². The van der Waals surface area contributed by atoms with Crippen LogP contribution in [-0.2, 0) is 0 Å². The van der Waals surface area contributed by atoms with Crippen molar-refractivity contribution in [3.8, 4) is 5.75 Å². The van der Waals surface area contributed by atoms with E-state index in [0.29, 0.717) is 6.04 Å². The molecule has 1 amide bonds. The lowest BCUT2D eigenvalue weighted by molar-refractivity contribution is -0.384. The largest absolute Gasteiger partial charge is 0.506 e. The first-order valence-electron chi connectivity index (χ1n) is 7.38. The van der Waals surface area contributed by atoms with Gasteiger partial charge in [-0.05, 0) is 25.0 Å². The van der Waals surface area contributed by atoms with Crippen LogP contribution in [-0.4, -0.2) is 25.7 Å². The van der Waals surface area contributed by atoms with Crippen LogP contribution >= 0.6 is 0 Å². The van der Waals surface area contributed by atoms with E-state index in [9.17, 15) is 20.0 Å². The topological polar surface area (TPSA) is 110 Å². The fourth-order valence-electron chi connectivity index (χ4n) is 2.76. The lowest BCUT2D eigenvalue weighted by atomic mass is 10.2. The second kappa shape index (κ2) is 6.07. The molecule has 0 radical (unpaired) electrons. The number of non-ortho nitro benzene ring substituents is 1. The summed E-state index contributed by atoms with van der Waals surface area (Å²) in [5.74, 6) is -0.753. The van der Waals surface area contributed by atoms with Gasteiger partial charge in [0.2, 0.25) is 0 Å². The molecule has 1 aromatic heterocycles. The molecule has 0 spiro atoms. The maximum atomic E-state index is 12.2. The molecule has 3 rings (SSSR count). The van der Waals surface area contributed by atoms with Crippen molar-refractivity contribution in [2.45, 2.75) is 31.7 Å². The maximum absolute atomic E-state index is 12.2. The number of aromatic hydroxyl groups is 1. The molecule has 0 atom stereocenters. The second-order valence-corrected chi connectivity index (χ2v) is 5.53. The summed E-state index contributed by atoms with van der Waals surface area (Å²) in [6, 6.07) is 5.37. The van der Waals surface area contributed by atoms with Crippen molar-refractivity contribution in [2.75, 3.05) is 5.32 Å². The number of nitrogens with one attached hydrogen (secondary N) is 1. The van der Waals surface area contributed by atoms with Gasteiger partial charge >= 0.3 is 0 Å². The minimum Gasteiger partial charge on any atom is -0.506 e. The Morgan fingerprint density at radius 3 is 2.78 bits per heavy atom. The summed E-state index contributed by atoms with van der Waals surface area (Å²) in [6.45, 7) is 0. The molecular weight excluding hydrogens is 300 g/mol. The zero-order valence-electron chi connectivity index (χ0n) is 12.3. The highest BCUT2D eigenvalue weighted by atomic mass is 16.6. The smallest absolute Gasteiger partial charge is 0.276 e. The number of hydrogen-bond donors (Lipinski definition) is 2. The molecule has 23 heavy (non-hydrogen) atoms. The summed E-state index contributed by atoms with van der Waals surface area (Å²) in [4.78, 5) is 22.4. The number of carbonyl (C=O) groups is 1. The Kier molecular flexibility index (Phi) is 3.96. The van der Waals surface area contributed by atoms with E-state index in [1.165, 1.54) is 12.1 Å². The lowest BCUT2D eigenvalue weighted by Gasteiger charge is -2.09. The number of nitro benzene ring substituents is 1. The summed E-state index contributed by atoms with van der Waals surface area (Å²) in [5, 5.41) is 27.2. The van der Waals surface area contributed by atoms with Crippen LogP contribution in [0.3, 0.4) is 0 Å². The first-order chi connectivity index (χ1) is 11.0. The Morgan fingerprint density at radius 2 is 2.09 bits per heavy atom. The molecule has 1 fully saturated rings. The van der Waals surface area contributed by atoms with Gasteiger partial charge in [-0.1, -0.05) is 12.8 Å². The third-order valence-corrected chi connectivity index (χ3v) is 3.98. The third-order valence-electron chi connectivity index (χ3n) is 3.98. The molecule has 1 aliphatic carbocycles. The van der Waals surface area contributed by atoms with Gasteiger partial charge < -0.3 is 10.4 Å². The molecule has 0 bridgehead atoms. The first kappa shape index (κ1) is 15.0. The second-order valence-electron chi connectivity index (χ2n) is 5.53. The van der Waals surface area contributed by atoms with E-state index in [1.54, 1.807) is 16.9 Å². The van der Waals surface area contributed by atoms with Gasteiger partial charge in [0.15, 0.2) is 5.69 Å². The number of carbonyl (C=O) groups excluding carboxylic acids is 1. The lowest BCUT2D eigenvalue weighted by Crippen LogP contribution is -2.14.